The number of hydrogen-bond acceptors (Lipinski definition) is 8. The topological polar surface area (TPSA) is 114 Å². The third-order valence-electron chi connectivity index (χ3n) is 3.81. The lowest BCUT2D eigenvalue weighted by atomic mass is 10.1. The van der Waals surface area contributed by atoms with Crippen molar-refractivity contribution in [3.63, 3.8) is 0 Å². The van der Waals surface area contributed by atoms with E-state index < -0.39 is 41.4 Å². The molecule has 30 heavy (non-hydrogen) atoms. The minimum Gasteiger partial charge on any atom is -0.459 e. The monoisotopic (exact) mass is 434 g/mol. The van der Waals surface area contributed by atoms with Gasteiger partial charge in [-0.1, -0.05) is 6.42 Å². The summed E-state index contributed by atoms with van der Waals surface area (Å²) in [5.74, 6) is -0.412. The molecule has 0 aliphatic rings. The van der Waals surface area contributed by atoms with Gasteiger partial charge in [-0.2, -0.15) is 0 Å². The van der Waals surface area contributed by atoms with E-state index in [4.69, 9.17) is 19.9 Å². The Balaban J connectivity index is 5.63. The van der Waals surface area contributed by atoms with Crippen LogP contribution in [0.3, 0.4) is 0 Å². The summed E-state index contributed by atoms with van der Waals surface area (Å²) in [6.07, 6.45) is -0.340. The summed E-state index contributed by atoms with van der Waals surface area (Å²) in [5, 5.41) is 21.0. The predicted octanol–water partition coefficient (Wildman–Crippen LogP) is 2.39. The first-order valence-corrected chi connectivity index (χ1v) is 10.8. The molecule has 0 aromatic rings. The number of carbonyl (C=O) groups is 1. The van der Waals surface area contributed by atoms with Gasteiger partial charge in [0.15, 0.2) is 12.6 Å². The average molecular weight is 435 g/mol. The summed E-state index contributed by atoms with van der Waals surface area (Å²) in [6, 6.07) is -0.674. The lowest BCUT2D eigenvalue weighted by Crippen LogP contribution is -2.52. The predicted molar refractivity (Wildman–Crippen MR) is 118 cm³/mol. The van der Waals surface area contributed by atoms with Crippen molar-refractivity contribution in [1.29, 1.82) is 0 Å². The molecule has 0 rings (SSSR count). The van der Waals surface area contributed by atoms with Crippen molar-refractivity contribution >= 4 is 5.97 Å². The normalized spacial score (nSPS) is 16.4. The van der Waals surface area contributed by atoms with Crippen molar-refractivity contribution in [2.75, 3.05) is 19.6 Å². The van der Waals surface area contributed by atoms with Crippen LogP contribution in [-0.2, 0) is 19.0 Å². The number of rotatable bonds is 12. The molecule has 8 nitrogen and oxygen atoms in total. The Morgan fingerprint density at radius 2 is 1.27 bits per heavy atom. The number of nitrogens with two attached hydrogens (primary N) is 1. The highest BCUT2D eigenvalue weighted by Gasteiger charge is 2.34. The fraction of sp³-hybridized carbons (Fsp3) is 0.955. The van der Waals surface area contributed by atoms with Crippen molar-refractivity contribution in [2.24, 2.45) is 5.73 Å². The first-order valence-electron chi connectivity index (χ1n) is 10.8. The number of aliphatic hydroxyl groups excluding tert-OH is 2. The maximum Gasteiger partial charge on any atom is 0.323 e. The molecule has 0 amide bonds. The first-order chi connectivity index (χ1) is 13.4. The van der Waals surface area contributed by atoms with E-state index in [9.17, 15) is 15.0 Å². The quantitative estimate of drug-likeness (QED) is 0.244. The molecule has 180 valence electrons. The highest BCUT2D eigenvalue weighted by atomic mass is 16.6. The van der Waals surface area contributed by atoms with Crippen LogP contribution in [0.2, 0.25) is 0 Å². The zero-order valence-electron chi connectivity index (χ0n) is 20.5. The molecular formula is C22H46N2O6. The number of hydrogen-bond donors (Lipinski definition) is 3. The summed E-state index contributed by atoms with van der Waals surface area (Å²) >= 11 is 0. The Kier molecular flexibility index (Phi) is 12.0. The van der Waals surface area contributed by atoms with Crippen LogP contribution < -0.4 is 5.73 Å². The molecule has 4 N–H and O–H groups in total. The molecule has 0 saturated carbocycles. The Bertz CT molecular complexity index is 469. The van der Waals surface area contributed by atoms with Crippen LogP contribution in [0.25, 0.3) is 0 Å². The molecule has 0 saturated heterocycles. The molecule has 0 aliphatic heterocycles. The summed E-state index contributed by atoms with van der Waals surface area (Å²) in [7, 11) is 0. The molecule has 3 atom stereocenters. The Morgan fingerprint density at radius 3 is 1.60 bits per heavy atom. The van der Waals surface area contributed by atoms with Crippen molar-refractivity contribution in [3.8, 4) is 0 Å². The molecule has 0 radical (unpaired) electrons. The second-order valence-corrected chi connectivity index (χ2v) is 10.7. The maximum atomic E-state index is 13.0. The highest BCUT2D eigenvalue weighted by molar-refractivity contribution is 5.76. The van der Waals surface area contributed by atoms with E-state index in [1.54, 1.807) is 25.7 Å². The highest BCUT2D eigenvalue weighted by Crippen LogP contribution is 2.20. The van der Waals surface area contributed by atoms with Crippen molar-refractivity contribution in [3.05, 3.63) is 0 Å². The standard InChI is InChI=1S/C22H46N2O6/c1-20(2,3)28-17(25)14-24(15-18(26)29-21(4,5)6)16(12-10-11-13-23)19(27)30-22(7,8)9/h16-18,25-26H,10-15,23H2,1-9H3. The largest absolute Gasteiger partial charge is 0.459 e. The molecular weight excluding hydrogens is 388 g/mol. The van der Waals surface area contributed by atoms with Gasteiger partial charge in [0.2, 0.25) is 0 Å². The molecule has 0 bridgehead atoms. The van der Waals surface area contributed by atoms with E-state index in [1.807, 2.05) is 41.5 Å². The number of nitrogens with zero attached hydrogens (tertiary/aromatic N) is 1. The smallest absolute Gasteiger partial charge is 0.323 e. The fourth-order valence-corrected chi connectivity index (χ4v) is 2.92. The number of unbranched alkanes of at least 4 members (excludes halogenated alkanes) is 1. The van der Waals surface area contributed by atoms with E-state index in [1.165, 1.54) is 0 Å². The lowest BCUT2D eigenvalue weighted by Gasteiger charge is -2.36. The summed E-state index contributed by atoms with van der Waals surface area (Å²) < 4.78 is 16.9. The van der Waals surface area contributed by atoms with Gasteiger partial charge in [-0.05, 0) is 81.7 Å². The summed E-state index contributed by atoms with van der Waals surface area (Å²) in [5.41, 5.74) is 3.84. The third kappa shape index (κ3) is 15.1. The molecule has 3 unspecified atom stereocenters. The molecule has 0 heterocycles. The zero-order valence-corrected chi connectivity index (χ0v) is 20.5. The van der Waals surface area contributed by atoms with Crippen molar-refractivity contribution < 1.29 is 29.2 Å². The lowest BCUT2D eigenvalue weighted by molar-refractivity contribution is -0.203. The number of ether oxygens (including phenoxy) is 3. The van der Waals surface area contributed by atoms with Gasteiger partial charge in [-0.15, -0.1) is 0 Å². The molecule has 0 aliphatic carbocycles. The molecule has 0 aromatic heterocycles. The van der Waals surface area contributed by atoms with Gasteiger partial charge in [-0.25, -0.2) is 0 Å². The van der Waals surface area contributed by atoms with E-state index in [2.05, 4.69) is 0 Å². The van der Waals surface area contributed by atoms with E-state index in [0.717, 1.165) is 6.42 Å². The van der Waals surface area contributed by atoms with Gasteiger partial charge in [0, 0.05) is 0 Å². The Morgan fingerprint density at radius 1 is 0.833 bits per heavy atom. The van der Waals surface area contributed by atoms with Crippen LogP contribution in [0.4, 0.5) is 0 Å². The zero-order chi connectivity index (χ0) is 23.8. The van der Waals surface area contributed by atoms with Gasteiger partial charge < -0.3 is 30.2 Å². The minimum absolute atomic E-state index is 0.0222. The van der Waals surface area contributed by atoms with Gasteiger partial charge in [0.1, 0.15) is 11.6 Å². The van der Waals surface area contributed by atoms with Gasteiger partial charge in [0.25, 0.3) is 0 Å². The Labute approximate surface area is 183 Å². The average Bonchev–Trinajstić information content (AvgIpc) is 2.45. The first kappa shape index (κ1) is 29.2. The van der Waals surface area contributed by atoms with Gasteiger partial charge in [0.05, 0.1) is 24.3 Å². The van der Waals surface area contributed by atoms with E-state index in [-0.39, 0.29) is 13.1 Å². The van der Waals surface area contributed by atoms with Crippen molar-refractivity contribution in [1.82, 2.24) is 4.90 Å². The van der Waals surface area contributed by atoms with Crippen molar-refractivity contribution in [2.45, 2.75) is 117 Å². The molecule has 8 heteroatoms. The fourth-order valence-electron chi connectivity index (χ4n) is 2.92. The van der Waals surface area contributed by atoms with Gasteiger partial charge >= 0.3 is 5.97 Å². The van der Waals surface area contributed by atoms with Crippen LogP contribution in [0.1, 0.15) is 81.6 Å². The van der Waals surface area contributed by atoms with Gasteiger partial charge in [-0.3, -0.25) is 9.69 Å². The van der Waals surface area contributed by atoms with E-state index in [0.29, 0.717) is 19.4 Å². The number of aliphatic hydroxyl groups is 2. The second kappa shape index (κ2) is 12.3. The SMILES string of the molecule is CC(C)(C)OC(=O)C(CCCCN)N(CC(O)OC(C)(C)C)CC(O)OC(C)(C)C. The molecule has 0 aromatic carbocycles. The summed E-state index contributed by atoms with van der Waals surface area (Å²) in [6.45, 7) is 17.0. The summed E-state index contributed by atoms with van der Waals surface area (Å²) in [4.78, 5) is 14.7. The van der Waals surface area contributed by atoms with Crippen LogP contribution in [-0.4, -0.2) is 76.1 Å². The third-order valence-corrected chi connectivity index (χ3v) is 3.81. The number of carbonyl (C=O) groups excluding carboxylic acids is 1. The minimum atomic E-state index is -1.15. The number of esters is 1. The van der Waals surface area contributed by atoms with E-state index >= 15 is 0 Å². The second-order valence-electron chi connectivity index (χ2n) is 10.7. The van der Waals surface area contributed by atoms with Crippen LogP contribution in [0.15, 0.2) is 0 Å². The van der Waals surface area contributed by atoms with Crippen LogP contribution in [0, 0.1) is 0 Å². The Hall–Kier alpha value is -0.770. The molecule has 0 fully saturated rings. The van der Waals surface area contributed by atoms with Crippen LogP contribution in [0.5, 0.6) is 0 Å². The maximum absolute atomic E-state index is 13.0. The molecule has 0 spiro atoms. The van der Waals surface area contributed by atoms with Crippen LogP contribution >= 0.6 is 0 Å².